The molecule has 136 valence electrons. The fraction of sp³-hybridized carbons (Fsp3) is 0.312. The van der Waals surface area contributed by atoms with Crippen molar-refractivity contribution in [1.29, 1.82) is 0 Å². The van der Waals surface area contributed by atoms with Crippen LogP contribution in [0.2, 0.25) is 0 Å². The number of rotatable bonds is 6. The minimum atomic E-state index is -0.460. The van der Waals surface area contributed by atoms with Crippen molar-refractivity contribution >= 4 is 74.6 Å². The first kappa shape index (κ1) is 22.1. The number of carbonyl (C=O) groups excluding carboxylic acids is 2. The van der Waals surface area contributed by atoms with Crippen LogP contribution < -0.4 is 0 Å². The highest BCUT2D eigenvalue weighted by molar-refractivity contribution is 9.10. The lowest BCUT2D eigenvalue weighted by atomic mass is 10.2. The minimum Gasteiger partial charge on any atom is -0.463 e. The van der Waals surface area contributed by atoms with Gasteiger partial charge in [-0.2, -0.15) is 0 Å². The molecule has 0 bridgehead atoms. The van der Waals surface area contributed by atoms with Crippen LogP contribution in [-0.2, 0) is 14.3 Å². The van der Waals surface area contributed by atoms with Gasteiger partial charge in [-0.1, -0.05) is 52.0 Å². The van der Waals surface area contributed by atoms with E-state index in [4.69, 9.17) is 17.0 Å². The smallest absolute Gasteiger partial charge is 0.326 e. The first-order chi connectivity index (χ1) is 11.4. The molecule has 1 amide bonds. The number of ether oxygens (including phenoxy) is 1. The number of hydrogen-bond acceptors (Lipinski definition) is 6. The Labute approximate surface area is 171 Å². The second kappa shape index (κ2) is 10.3. The van der Waals surface area contributed by atoms with Crippen LogP contribution in [0, 0.1) is 0 Å². The number of thioether (sulfide) groups is 1. The summed E-state index contributed by atoms with van der Waals surface area (Å²) in [7, 11) is 3.78. The average molecular weight is 466 g/mol. The summed E-state index contributed by atoms with van der Waals surface area (Å²) >= 11 is 9.77. The Kier molecular flexibility index (Phi) is 9.09. The normalized spacial score (nSPS) is 15.7. The van der Waals surface area contributed by atoms with Gasteiger partial charge >= 0.3 is 5.97 Å². The maximum absolute atomic E-state index is 12.4. The van der Waals surface area contributed by atoms with Crippen LogP contribution in [0.3, 0.4) is 0 Å². The van der Waals surface area contributed by atoms with Gasteiger partial charge in [0.1, 0.15) is 17.5 Å². The number of amides is 1. The number of carbonyl (C=O) groups is 2. The van der Waals surface area contributed by atoms with E-state index in [9.17, 15) is 9.59 Å². The van der Waals surface area contributed by atoms with Crippen molar-refractivity contribution in [2.75, 3.05) is 33.8 Å². The van der Waals surface area contributed by atoms with Crippen LogP contribution in [0.4, 0.5) is 0 Å². The van der Waals surface area contributed by atoms with E-state index in [1.165, 1.54) is 16.7 Å². The van der Waals surface area contributed by atoms with Gasteiger partial charge in [0.2, 0.25) is 0 Å². The van der Waals surface area contributed by atoms with Crippen LogP contribution in [0.5, 0.6) is 0 Å². The molecule has 0 spiro atoms. The molecule has 25 heavy (non-hydrogen) atoms. The molecule has 0 saturated carbocycles. The first-order valence-electron chi connectivity index (χ1n) is 7.18. The van der Waals surface area contributed by atoms with Crippen LogP contribution in [0.1, 0.15) is 5.56 Å². The molecule has 1 aliphatic rings. The van der Waals surface area contributed by atoms with Crippen LogP contribution in [-0.4, -0.2) is 59.8 Å². The Morgan fingerprint density at radius 2 is 2.00 bits per heavy atom. The average Bonchev–Trinajstić information content (AvgIpc) is 2.77. The van der Waals surface area contributed by atoms with Gasteiger partial charge in [-0.15, -0.1) is 12.4 Å². The summed E-state index contributed by atoms with van der Waals surface area (Å²) < 4.78 is 6.44. The summed E-state index contributed by atoms with van der Waals surface area (Å²) in [5.74, 6) is -0.726. The Morgan fingerprint density at radius 3 is 2.60 bits per heavy atom. The maximum Gasteiger partial charge on any atom is 0.326 e. The van der Waals surface area contributed by atoms with E-state index < -0.39 is 5.97 Å². The van der Waals surface area contributed by atoms with E-state index >= 15 is 0 Å². The molecular formula is C16H18BrClN2O3S2. The SMILES string of the molecule is CN(C)CCOC(=O)CN1C(=O)/C(=C/c2ccc(Br)cc2)SC1=S.Cl. The minimum absolute atomic E-state index is 0. The number of halogens is 2. The molecule has 1 heterocycles. The number of likely N-dealkylation sites (N-methyl/N-ethyl adjacent to an activating group) is 1. The van der Waals surface area contributed by atoms with Gasteiger partial charge in [-0.05, 0) is 37.9 Å². The third kappa shape index (κ3) is 6.71. The summed E-state index contributed by atoms with van der Waals surface area (Å²) in [6, 6.07) is 7.58. The molecule has 1 saturated heterocycles. The lowest BCUT2D eigenvalue weighted by Gasteiger charge is -2.14. The quantitative estimate of drug-likeness (QED) is 0.365. The Balaban J connectivity index is 0.00000312. The highest BCUT2D eigenvalue weighted by atomic mass is 79.9. The molecule has 0 N–H and O–H groups in total. The van der Waals surface area contributed by atoms with Gasteiger partial charge in [0.15, 0.2) is 0 Å². The fourth-order valence-electron chi connectivity index (χ4n) is 1.86. The molecule has 0 radical (unpaired) electrons. The lowest BCUT2D eigenvalue weighted by Crippen LogP contribution is -2.35. The maximum atomic E-state index is 12.4. The third-order valence-corrected chi connectivity index (χ3v) is 5.04. The molecule has 1 fully saturated rings. The molecule has 5 nitrogen and oxygen atoms in total. The molecule has 0 atom stereocenters. The van der Waals surface area contributed by atoms with Crippen LogP contribution >= 0.6 is 52.3 Å². The summed E-state index contributed by atoms with van der Waals surface area (Å²) in [5, 5.41) is 0. The Morgan fingerprint density at radius 1 is 1.36 bits per heavy atom. The van der Waals surface area contributed by atoms with E-state index in [1.54, 1.807) is 6.08 Å². The summed E-state index contributed by atoms with van der Waals surface area (Å²) in [5.41, 5.74) is 0.896. The number of benzene rings is 1. The molecule has 0 aromatic heterocycles. The van der Waals surface area contributed by atoms with E-state index in [-0.39, 0.29) is 31.5 Å². The third-order valence-electron chi connectivity index (χ3n) is 3.13. The Bertz CT molecular complexity index is 680. The zero-order valence-electron chi connectivity index (χ0n) is 13.7. The zero-order valence-corrected chi connectivity index (χ0v) is 17.8. The van der Waals surface area contributed by atoms with Crippen molar-refractivity contribution in [3.05, 3.63) is 39.2 Å². The second-order valence-electron chi connectivity index (χ2n) is 5.34. The van der Waals surface area contributed by atoms with E-state index in [0.717, 1.165) is 10.0 Å². The summed E-state index contributed by atoms with van der Waals surface area (Å²) in [4.78, 5) is 28.0. The van der Waals surface area contributed by atoms with Crippen LogP contribution in [0.25, 0.3) is 6.08 Å². The highest BCUT2D eigenvalue weighted by Gasteiger charge is 2.33. The van der Waals surface area contributed by atoms with Gasteiger partial charge in [0.05, 0.1) is 4.91 Å². The van der Waals surface area contributed by atoms with Gasteiger partial charge in [0.25, 0.3) is 5.91 Å². The van der Waals surface area contributed by atoms with Crippen molar-refractivity contribution in [1.82, 2.24) is 9.80 Å². The van der Waals surface area contributed by atoms with E-state index in [1.807, 2.05) is 43.3 Å². The summed E-state index contributed by atoms with van der Waals surface area (Å²) in [6.45, 7) is 0.763. The number of thiocarbonyl (C=S) groups is 1. The van der Waals surface area contributed by atoms with Gasteiger partial charge < -0.3 is 9.64 Å². The van der Waals surface area contributed by atoms with E-state index in [2.05, 4.69) is 15.9 Å². The topological polar surface area (TPSA) is 49.9 Å². The zero-order chi connectivity index (χ0) is 17.7. The highest BCUT2D eigenvalue weighted by Crippen LogP contribution is 2.32. The molecule has 2 rings (SSSR count). The standard InChI is InChI=1S/C16H17BrN2O3S2.ClH/c1-18(2)7-8-22-14(20)10-19-15(21)13(24-16(19)23)9-11-3-5-12(17)6-4-11;/h3-6,9H,7-8,10H2,1-2H3;1H/b13-9-;. The van der Waals surface area contributed by atoms with Crippen molar-refractivity contribution in [3.8, 4) is 0 Å². The van der Waals surface area contributed by atoms with Crippen LogP contribution in [0.15, 0.2) is 33.6 Å². The van der Waals surface area contributed by atoms with Crippen molar-refractivity contribution < 1.29 is 14.3 Å². The predicted octanol–water partition coefficient (Wildman–Crippen LogP) is 3.18. The Hall–Kier alpha value is -0.930. The second-order valence-corrected chi connectivity index (χ2v) is 7.93. The van der Waals surface area contributed by atoms with Gasteiger partial charge in [-0.25, -0.2) is 0 Å². The van der Waals surface area contributed by atoms with Crippen molar-refractivity contribution in [2.24, 2.45) is 0 Å². The predicted molar refractivity (Wildman–Crippen MR) is 111 cm³/mol. The molecule has 1 aromatic carbocycles. The largest absolute Gasteiger partial charge is 0.463 e. The molecule has 0 unspecified atom stereocenters. The first-order valence-corrected chi connectivity index (χ1v) is 9.20. The fourth-order valence-corrected chi connectivity index (χ4v) is 3.38. The molecule has 1 aromatic rings. The monoisotopic (exact) mass is 464 g/mol. The van der Waals surface area contributed by atoms with Crippen molar-refractivity contribution in [2.45, 2.75) is 0 Å². The van der Waals surface area contributed by atoms with Crippen molar-refractivity contribution in [3.63, 3.8) is 0 Å². The molecule has 0 aliphatic carbocycles. The number of hydrogen-bond donors (Lipinski definition) is 0. The molecule has 9 heteroatoms. The van der Waals surface area contributed by atoms with Gasteiger partial charge in [0, 0.05) is 11.0 Å². The number of esters is 1. The van der Waals surface area contributed by atoms with E-state index in [0.29, 0.717) is 15.8 Å². The summed E-state index contributed by atoms with van der Waals surface area (Å²) in [6.07, 6.45) is 1.77. The van der Waals surface area contributed by atoms with Gasteiger partial charge in [-0.3, -0.25) is 14.5 Å². The number of nitrogens with zero attached hydrogens (tertiary/aromatic N) is 2. The molecule has 1 aliphatic heterocycles. The molecular weight excluding hydrogens is 448 g/mol. The lowest BCUT2D eigenvalue weighted by molar-refractivity contribution is -0.146.